The zero-order valence-electron chi connectivity index (χ0n) is 65.0. The van der Waals surface area contributed by atoms with Crippen LogP contribution >= 0.6 is 0 Å². The predicted molar refractivity (Wildman–Crippen MR) is 448 cm³/mol. The molecule has 0 fully saturated rings. The molecule has 0 unspecified atom stereocenters. The lowest BCUT2D eigenvalue weighted by Gasteiger charge is -2.31. The third kappa shape index (κ3) is 9.97. The first-order chi connectivity index (χ1) is 47.5. The molecule has 512 valence electrons. The minimum Gasteiger partial charge on any atom is -0.289 e. The van der Waals surface area contributed by atoms with Gasteiger partial charge in [0, 0.05) is 76.1 Å². The quantitative estimate of drug-likeness (QED) is 0.130. The second kappa shape index (κ2) is 21.7. The van der Waals surface area contributed by atoms with Crippen LogP contribution in [-0.4, -0.2) is 0 Å². The summed E-state index contributed by atoms with van der Waals surface area (Å²) in [7, 11) is 0. The molecule has 102 heavy (non-hydrogen) atoms. The summed E-state index contributed by atoms with van der Waals surface area (Å²) in [6.07, 6.45) is 0. The molecule has 2 heteroatoms. The Morgan fingerprint density at radius 2 is 0.304 bits per heavy atom. The molecule has 0 aliphatic heterocycles. The second-order valence-corrected chi connectivity index (χ2v) is 38.8. The fourth-order valence-electron chi connectivity index (χ4n) is 17.5. The Labute approximate surface area is 603 Å². The lowest BCUT2D eigenvalue weighted by Crippen LogP contribution is -2.18. The van der Waals surface area contributed by atoms with Gasteiger partial charge in [0.1, 0.15) is 0 Å². The van der Waals surface area contributed by atoms with Gasteiger partial charge < -0.3 is 0 Å². The number of benzene rings is 16. The Morgan fingerprint density at radius 3 is 0.451 bits per heavy atom. The van der Waals surface area contributed by atoms with Crippen molar-refractivity contribution in [1.29, 1.82) is 0 Å². The van der Waals surface area contributed by atoms with Gasteiger partial charge in [-0.1, -0.05) is 336 Å². The summed E-state index contributed by atoms with van der Waals surface area (Å²) in [4.78, 5) is 37.1. The van der Waals surface area contributed by atoms with Crippen molar-refractivity contribution in [2.75, 3.05) is 0 Å². The van der Waals surface area contributed by atoms with Crippen molar-refractivity contribution >= 4 is 118 Å². The first-order valence-corrected chi connectivity index (χ1v) is 37.4. The maximum atomic E-state index is 18.6. The SMILES string of the molecule is CC(C)(C)c1cc(-c2c3ccccc3c3c4c2c(=O)c2c(-c5cc(C(C)(C)C)cc(C(C)(C)C)c5)c5ccccc5c5c2c4c2c4c(c(-c6cc(C(C)(C)C)cc(C(C)(C)C)c6)c6ccccc6c43)c(=O)c3c(-c4cc(C(C)(C)C)cc(C(C)(C)C)c4)c4ccccc4c5c32)cc(C(C)(C)C)c1. The zero-order chi connectivity index (χ0) is 72.9. The van der Waals surface area contributed by atoms with Gasteiger partial charge in [0.2, 0.25) is 0 Å². The van der Waals surface area contributed by atoms with Crippen LogP contribution in [0, 0.1) is 0 Å². The predicted octanol–water partition coefficient (Wildman–Crippen LogP) is 27.9. The van der Waals surface area contributed by atoms with Gasteiger partial charge in [-0.2, -0.15) is 0 Å². The summed E-state index contributed by atoms with van der Waals surface area (Å²) in [5.74, 6) is 0. The number of hydrogen-bond donors (Lipinski definition) is 0. The molecule has 16 rings (SSSR count). The molecule has 0 aromatic heterocycles. The summed E-state index contributed by atoms with van der Waals surface area (Å²) >= 11 is 0. The highest BCUT2D eigenvalue weighted by Crippen LogP contribution is 2.61. The number of fused-ring (bicyclic) bond motifs is 10. The van der Waals surface area contributed by atoms with Crippen LogP contribution in [0.25, 0.3) is 163 Å². The van der Waals surface area contributed by atoms with Crippen LogP contribution in [0.5, 0.6) is 0 Å². The lowest BCUT2D eigenvalue weighted by atomic mass is 9.71. The summed E-state index contributed by atoms with van der Waals surface area (Å²) in [5.41, 5.74) is 15.9. The molecule has 0 heterocycles. The Balaban J connectivity index is 1.33. The topological polar surface area (TPSA) is 34.1 Å². The third-order valence-electron chi connectivity index (χ3n) is 23.3. The van der Waals surface area contributed by atoms with Gasteiger partial charge in [-0.25, -0.2) is 0 Å². The summed E-state index contributed by atoms with van der Waals surface area (Å²) < 4.78 is 0. The van der Waals surface area contributed by atoms with Crippen LogP contribution in [-0.2, 0) is 43.3 Å². The molecule has 0 radical (unpaired) electrons. The summed E-state index contributed by atoms with van der Waals surface area (Å²) in [5, 5.41) is 21.2. The van der Waals surface area contributed by atoms with Crippen molar-refractivity contribution in [3.8, 4) is 44.5 Å². The Hall–Kier alpha value is -9.24. The van der Waals surface area contributed by atoms with E-state index in [1.165, 1.54) is 44.5 Å². The minimum absolute atomic E-state index is 0.0220. The summed E-state index contributed by atoms with van der Waals surface area (Å²) in [6, 6.07) is 64.8. The molecule has 0 amide bonds. The van der Waals surface area contributed by atoms with E-state index < -0.39 is 0 Å². The van der Waals surface area contributed by atoms with E-state index >= 15 is 9.59 Å². The Morgan fingerprint density at radius 1 is 0.167 bits per heavy atom. The van der Waals surface area contributed by atoms with E-state index in [9.17, 15) is 0 Å². The number of rotatable bonds is 4. The van der Waals surface area contributed by atoms with Crippen molar-refractivity contribution < 1.29 is 0 Å². The smallest absolute Gasteiger partial charge is 0.195 e. The molecule has 0 aliphatic rings. The van der Waals surface area contributed by atoms with Crippen molar-refractivity contribution in [1.82, 2.24) is 0 Å². The molecule has 0 bridgehead atoms. The van der Waals surface area contributed by atoms with Crippen LogP contribution < -0.4 is 10.9 Å². The monoisotopic (exact) mass is 1330 g/mol. The Bertz CT molecular complexity index is 5480. The normalized spacial score (nSPS) is 13.8. The van der Waals surface area contributed by atoms with Crippen molar-refractivity contribution in [3.05, 3.63) is 235 Å². The van der Waals surface area contributed by atoms with Gasteiger partial charge in [0.25, 0.3) is 0 Å². The molecular weight excluding hydrogens is 1230 g/mol. The first kappa shape index (κ1) is 67.3. The highest BCUT2D eigenvalue weighted by atomic mass is 16.1. The van der Waals surface area contributed by atoms with Gasteiger partial charge in [0.15, 0.2) is 10.9 Å². The third-order valence-corrected chi connectivity index (χ3v) is 23.3. The molecule has 0 N–H and O–H groups in total. The van der Waals surface area contributed by atoms with Crippen molar-refractivity contribution in [3.63, 3.8) is 0 Å². The Kier molecular flexibility index (Phi) is 14.3. The maximum Gasteiger partial charge on any atom is 0.195 e. The average molecular weight is 1330 g/mol. The van der Waals surface area contributed by atoms with Gasteiger partial charge in [-0.05, 0) is 175 Å². The molecule has 0 aliphatic carbocycles. The van der Waals surface area contributed by atoms with Crippen LogP contribution in [0.1, 0.15) is 211 Å². The fourth-order valence-corrected chi connectivity index (χ4v) is 17.5. The second-order valence-electron chi connectivity index (χ2n) is 38.8. The van der Waals surface area contributed by atoms with Gasteiger partial charge >= 0.3 is 0 Å². The zero-order valence-corrected chi connectivity index (χ0v) is 65.0. The van der Waals surface area contributed by atoms with E-state index in [1.54, 1.807) is 0 Å². The van der Waals surface area contributed by atoms with Gasteiger partial charge in [-0.3, -0.25) is 9.59 Å². The molecular formula is C100H100O2. The average Bonchev–Trinajstić information content (AvgIpc) is 0.644. The molecule has 0 saturated carbocycles. The lowest BCUT2D eigenvalue weighted by molar-refractivity contribution is 0.568. The molecule has 16 aromatic rings. The molecule has 16 aromatic carbocycles. The van der Waals surface area contributed by atoms with Crippen LogP contribution in [0.2, 0.25) is 0 Å². The summed E-state index contributed by atoms with van der Waals surface area (Å²) in [6.45, 7) is 55.6. The van der Waals surface area contributed by atoms with Crippen molar-refractivity contribution in [2.24, 2.45) is 0 Å². The minimum atomic E-state index is -0.229. The fraction of sp³-hybridized carbons (Fsp3) is 0.320. The van der Waals surface area contributed by atoms with E-state index in [1.807, 2.05) is 0 Å². The highest BCUT2D eigenvalue weighted by molar-refractivity contribution is 6.58. The van der Waals surface area contributed by atoms with E-state index in [0.717, 1.165) is 163 Å². The standard InChI is InChI=1S/C100H100O2/c1-93(2,3)57-41-53(42-58(49-57)94(4,5)6)73-65-33-25-29-37-69(65)77-78-70-38-30-27-35-67(70)75(55-45-61(97(13,14)15)51-62(46-55)98(16,17)18)89-83(78)86-84-80(72-40-32-28-36-68(72)76(90(84)92(89)102)56-47-63(99(19,20)21)52-64(48-56)100(22,23)24)79-71-39-31-26-34-66(71)74(88-82(79)85(86)81(77)87(73)91(88)101)54-43-59(95(7,8)9)50-60(44-54)96(10,11)12/h25-52H,1-24H3. The van der Waals surface area contributed by atoms with Crippen LogP contribution in [0.4, 0.5) is 0 Å². The number of hydrogen-bond acceptors (Lipinski definition) is 2. The molecule has 0 saturated heterocycles. The van der Waals surface area contributed by atoms with Gasteiger partial charge in [0.05, 0.1) is 0 Å². The van der Waals surface area contributed by atoms with Crippen molar-refractivity contribution in [2.45, 2.75) is 209 Å². The molecule has 0 spiro atoms. The van der Waals surface area contributed by atoms with E-state index in [-0.39, 0.29) is 54.2 Å². The largest absolute Gasteiger partial charge is 0.289 e. The first-order valence-electron chi connectivity index (χ1n) is 37.4. The van der Waals surface area contributed by atoms with Crippen LogP contribution in [0.15, 0.2) is 179 Å². The highest BCUT2D eigenvalue weighted by Gasteiger charge is 2.38. The maximum absolute atomic E-state index is 18.6. The van der Waals surface area contributed by atoms with E-state index in [4.69, 9.17) is 0 Å². The molecule has 2 nitrogen and oxygen atoms in total. The molecule has 0 atom stereocenters. The van der Waals surface area contributed by atoms with E-state index in [2.05, 4.69) is 336 Å². The van der Waals surface area contributed by atoms with E-state index in [0.29, 0.717) is 0 Å². The van der Waals surface area contributed by atoms with Gasteiger partial charge in [-0.15, -0.1) is 0 Å². The van der Waals surface area contributed by atoms with Crippen LogP contribution in [0.3, 0.4) is 0 Å².